The third kappa shape index (κ3) is 5.45. The Balaban J connectivity index is 1.32. The second kappa shape index (κ2) is 9.87. The van der Waals surface area contributed by atoms with Crippen LogP contribution in [0.4, 0.5) is 34.9 Å². The molecule has 5 rings (SSSR count). The van der Waals surface area contributed by atoms with Gasteiger partial charge in [-0.15, -0.1) is 0 Å². The molecular formula is C25H25Cl2F4N5O. The molecule has 198 valence electrons. The minimum absolute atomic E-state index is 0.109. The van der Waals surface area contributed by atoms with Crippen LogP contribution in [0.25, 0.3) is 11.0 Å². The zero-order valence-corrected chi connectivity index (χ0v) is 21.2. The zero-order valence-electron chi connectivity index (χ0n) is 19.7. The van der Waals surface area contributed by atoms with Crippen LogP contribution in [-0.2, 0) is 11.3 Å². The highest BCUT2D eigenvalue weighted by Crippen LogP contribution is 2.46. The molecule has 1 aromatic heterocycles. The molecule has 1 saturated heterocycles. The molecule has 6 nitrogen and oxygen atoms in total. The van der Waals surface area contributed by atoms with Crippen LogP contribution in [0.5, 0.6) is 0 Å². The first kappa shape index (κ1) is 25.9. The number of imidazole rings is 1. The fourth-order valence-electron chi connectivity index (χ4n) is 4.63. The lowest BCUT2D eigenvalue weighted by Gasteiger charge is -2.35. The van der Waals surface area contributed by atoms with E-state index in [9.17, 15) is 22.4 Å². The van der Waals surface area contributed by atoms with Crippen LogP contribution < -0.4 is 15.5 Å². The third-order valence-electron chi connectivity index (χ3n) is 7.10. The number of amides is 1. The Morgan fingerprint density at radius 3 is 2.68 bits per heavy atom. The Bertz CT molecular complexity index is 1320. The Hall–Kier alpha value is -2.72. The molecule has 3 N–H and O–H groups in total. The van der Waals surface area contributed by atoms with E-state index in [2.05, 4.69) is 20.6 Å². The smallest absolute Gasteiger partial charge is 0.370 e. The molecule has 1 aliphatic heterocycles. The van der Waals surface area contributed by atoms with Crippen molar-refractivity contribution in [2.45, 2.75) is 38.4 Å². The number of nitrogens with one attached hydrogen (secondary N) is 3. The quantitative estimate of drug-likeness (QED) is 0.281. The second-order valence-electron chi connectivity index (χ2n) is 9.77. The predicted octanol–water partition coefficient (Wildman–Crippen LogP) is 6.76. The van der Waals surface area contributed by atoms with Gasteiger partial charge in [0.15, 0.2) is 0 Å². The summed E-state index contributed by atoms with van der Waals surface area (Å²) in [6.07, 6.45) is -2.59. The van der Waals surface area contributed by atoms with Gasteiger partial charge in [0.05, 0.1) is 43.8 Å². The number of carbonyl (C=O) groups is 1. The van der Waals surface area contributed by atoms with Crippen molar-refractivity contribution < 1.29 is 22.4 Å². The van der Waals surface area contributed by atoms with E-state index < -0.39 is 24.2 Å². The number of rotatable bonds is 7. The maximum absolute atomic E-state index is 13.3. The number of fused-ring (bicyclic) bond motifs is 1. The molecule has 0 spiro atoms. The molecule has 2 aliphatic rings. The van der Waals surface area contributed by atoms with Crippen LogP contribution >= 0.6 is 23.2 Å². The third-order valence-corrected chi connectivity index (χ3v) is 7.74. The number of benzene rings is 2. The number of alkyl halides is 4. The molecular weight excluding hydrogens is 533 g/mol. The molecule has 1 saturated carbocycles. The maximum Gasteiger partial charge on any atom is 0.393 e. The number of carbonyl (C=O) groups excluding carboxylic acids is 1. The Labute approximate surface area is 220 Å². The zero-order chi connectivity index (χ0) is 26.4. The summed E-state index contributed by atoms with van der Waals surface area (Å²) in [5, 5.41) is 6.63. The average Bonchev–Trinajstić information content (AvgIpc) is 3.58. The van der Waals surface area contributed by atoms with E-state index >= 15 is 0 Å². The molecule has 37 heavy (non-hydrogen) atoms. The molecule has 2 heterocycles. The Morgan fingerprint density at radius 1 is 1.19 bits per heavy atom. The molecule has 1 atom stereocenters. The van der Waals surface area contributed by atoms with Crippen LogP contribution in [0.3, 0.4) is 0 Å². The van der Waals surface area contributed by atoms with Gasteiger partial charge in [-0.1, -0.05) is 29.3 Å². The second-order valence-corrected chi connectivity index (χ2v) is 10.6. The summed E-state index contributed by atoms with van der Waals surface area (Å²) in [5.74, 6) is -1.31. The summed E-state index contributed by atoms with van der Waals surface area (Å²) < 4.78 is 53.0. The SMILES string of the molecule is O=C(NCc1ccc(Cl)c(Nc2nc3cc(Cl)c(N4CCCC(C(F)(F)F)C4)cc3[nH]2)c1)C1(CF)CC1. The van der Waals surface area contributed by atoms with Gasteiger partial charge < -0.3 is 20.5 Å². The number of hydrogen-bond acceptors (Lipinski definition) is 4. The maximum atomic E-state index is 13.3. The lowest BCUT2D eigenvalue weighted by Crippen LogP contribution is -2.41. The first-order valence-corrected chi connectivity index (χ1v) is 12.7. The van der Waals surface area contributed by atoms with Crippen LogP contribution in [-0.4, -0.2) is 41.8 Å². The van der Waals surface area contributed by atoms with Gasteiger partial charge in [-0.25, -0.2) is 9.37 Å². The molecule has 2 aromatic carbocycles. The van der Waals surface area contributed by atoms with E-state index in [0.717, 1.165) is 5.56 Å². The minimum atomic E-state index is -4.25. The van der Waals surface area contributed by atoms with Crippen molar-refractivity contribution in [3.63, 3.8) is 0 Å². The fraction of sp³-hybridized carbons (Fsp3) is 0.440. The van der Waals surface area contributed by atoms with Gasteiger partial charge in [-0.2, -0.15) is 13.2 Å². The molecule has 1 aliphatic carbocycles. The van der Waals surface area contributed by atoms with Gasteiger partial charge in [0, 0.05) is 19.6 Å². The van der Waals surface area contributed by atoms with Crippen LogP contribution in [0.1, 0.15) is 31.2 Å². The summed E-state index contributed by atoms with van der Waals surface area (Å²) in [5.41, 5.74) is 2.10. The summed E-state index contributed by atoms with van der Waals surface area (Å²) in [6.45, 7) is -0.0905. The first-order valence-electron chi connectivity index (χ1n) is 12.0. The summed E-state index contributed by atoms with van der Waals surface area (Å²) in [7, 11) is 0. The minimum Gasteiger partial charge on any atom is -0.370 e. The highest BCUT2D eigenvalue weighted by Gasteiger charge is 2.50. The Kier molecular flexibility index (Phi) is 6.91. The number of H-pyrrole nitrogens is 1. The van der Waals surface area contributed by atoms with E-state index in [4.69, 9.17) is 23.2 Å². The summed E-state index contributed by atoms with van der Waals surface area (Å²) in [4.78, 5) is 21.5. The number of nitrogens with zero attached hydrogens (tertiary/aromatic N) is 2. The molecule has 1 amide bonds. The molecule has 3 aromatic rings. The van der Waals surface area contributed by atoms with Crippen molar-refractivity contribution in [3.8, 4) is 0 Å². The van der Waals surface area contributed by atoms with E-state index in [1.807, 2.05) is 0 Å². The van der Waals surface area contributed by atoms with Gasteiger partial charge in [-0.05, 0) is 55.5 Å². The van der Waals surface area contributed by atoms with Crippen LogP contribution in [0.2, 0.25) is 10.0 Å². The van der Waals surface area contributed by atoms with Crippen molar-refractivity contribution in [3.05, 3.63) is 45.9 Å². The number of aromatic nitrogens is 2. The van der Waals surface area contributed by atoms with E-state index in [-0.39, 0.29) is 25.4 Å². The highest BCUT2D eigenvalue weighted by molar-refractivity contribution is 6.34. The van der Waals surface area contributed by atoms with E-state index in [1.54, 1.807) is 35.2 Å². The normalized spacial score (nSPS) is 19.2. The van der Waals surface area contributed by atoms with Crippen molar-refractivity contribution in [1.29, 1.82) is 0 Å². The van der Waals surface area contributed by atoms with Crippen molar-refractivity contribution in [2.75, 3.05) is 30.0 Å². The van der Waals surface area contributed by atoms with Crippen LogP contribution in [0.15, 0.2) is 30.3 Å². The van der Waals surface area contributed by atoms with E-state index in [1.165, 1.54) is 0 Å². The number of hydrogen-bond donors (Lipinski definition) is 3. The number of anilines is 3. The van der Waals surface area contributed by atoms with Crippen molar-refractivity contribution in [1.82, 2.24) is 15.3 Å². The standard InChI is InChI=1S/C25H25Cl2F4N5O/c26-16-4-3-14(11-32-22(37)24(13-28)5-6-24)8-18(16)33-23-34-19-9-17(27)21(10-20(19)35-23)36-7-1-2-15(12-36)25(29,30)31/h3-4,8-10,15H,1-2,5-7,11-13H2,(H,32,37)(H2,33,34,35). The monoisotopic (exact) mass is 557 g/mol. The lowest BCUT2D eigenvalue weighted by molar-refractivity contribution is -0.176. The van der Waals surface area contributed by atoms with Crippen molar-refractivity contribution >= 4 is 57.5 Å². The number of halogens is 6. The predicted molar refractivity (Wildman–Crippen MR) is 136 cm³/mol. The highest BCUT2D eigenvalue weighted by atomic mass is 35.5. The van der Waals surface area contributed by atoms with Crippen molar-refractivity contribution in [2.24, 2.45) is 11.3 Å². The number of aromatic amines is 1. The summed E-state index contributed by atoms with van der Waals surface area (Å²) >= 11 is 12.8. The Morgan fingerprint density at radius 2 is 1.97 bits per heavy atom. The topological polar surface area (TPSA) is 73.1 Å². The van der Waals surface area contributed by atoms with Gasteiger partial charge in [0.2, 0.25) is 11.9 Å². The fourth-order valence-corrected chi connectivity index (χ4v) is 5.07. The largest absolute Gasteiger partial charge is 0.393 e. The van der Waals surface area contributed by atoms with Gasteiger partial charge in [0.1, 0.15) is 6.67 Å². The first-order chi connectivity index (χ1) is 17.6. The molecule has 12 heteroatoms. The summed E-state index contributed by atoms with van der Waals surface area (Å²) in [6, 6.07) is 8.53. The van der Waals surface area contributed by atoms with E-state index in [0.29, 0.717) is 64.2 Å². The molecule has 0 radical (unpaired) electrons. The lowest BCUT2D eigenvalue weighted by atomic mass is 9.97. The average molecular weight is 558 g/mol. The van der Waals surface area contributed by atoms with Gasteiger partial charge >= 0.3 is 6.18 Å². The van der Waals surface area contributed by atoms with Gasteiger partial charge in [0.25, 0.3) is 0 Å². The van der Waals surface area contributed by atoms with Gasteiger partial charge in [-0.3, -0.25) is 4.79 Å². The van der Waals surface area contributed by atoms with Crippen LogP contribution in [0, 0.1) is 11.3 Å². The molecule has 2 fully saturated rings. The molecule has 1 unspecified atom stereocenters. The number of piperidine rings is 1. The molecule has 0 bridgehead atoms.